The van der Waals surface area contributed by atoms with Crippen molar-refractivity contribution >= 4 is 34.3 Å². The van der Waals surface area contributed by atoms with Gasteiger partial charge in [-0.3, -0.25) is 19.1 Å². The summed E-state index contributed by atoms with van der Waals surface area (Å²) in [5, 5.41) is 17.7. The molecule has 1 aliphatic heterocycles. The van der Waals surface area contributed by atoms with Gasteiger partial charge in [-0.05, 0) is 68.0 Å². The SMILES string of the molecule is C=CCc1cc(-c2cnc(C)nc2)cc2c(C(C)=O)nn(CC(=O)N3[C@H](C(=O)Nc4nc(C(F)(F)F)ccc4C)C[C@@]4(CO)C[C@@H]34)c12. The number of fused-ring (bicyclic) bond motifs is 2. The Morgan fingerprint density at radius 2 is 1.85 bits per heavy atom. The lowest BCUT2D eigenvalue weighted by atomic mass is 9.98. The first-order chi connectivity index (χ1) is 22.3. The van der Waals surface area contributed by atoms with E-state index in [4.69, 9.17) is 0 Å². The topological polar surface area (TPSA) is 143 Å². The number of anilines is 1. The maximum Gasteiger partial charge on any atom is 0.433 e. The number of carbonyl (C=O) groups is 3. The number of hydrogen-bond acceptors (Lipinski definition) is 8. The molecule has 0 radical (unpaired) electrons. The largest absolute Gasteiger partial charge is 0.433 e. The Bertz CT molecular complexity index is 1940. The van der Waals surface area contributed by atoms with Gasteiger partial charge in [-0.1, -0.05) is 12.1 Å². The van der Waals surface area contributed by atoms with Gasteiger partial charge in [-0.15, -0.1) is 6.58 Å². The third-order valence-corrected chi connectivity index (χ3v) is 8.97. The average molecular weight is 648 g/mol. The van der Waals surface area contributed by atoms with E-state index in [1.54, 1.807) is 31.5 Å². The molecule has 244 valence electrons. The van der Waals surface area contributed by atoms with Crippen LogP contribution in [0.5, 0.6) is 0 Å². The molecule has 4 heterocycles. The molecule has 14 heteroatoms. The fraction of sp³-hybridized carbons (Fsp3) is 0.364. The molecule has 1 aliphatic carbocycles. The number of carbonyl (C=O) groups excluding carboxylic acids is 3. The third kappa shape index (κ3) is 5.77. The number of allylic oxidation sites excluding steroid dienone is 1. The van der Waals surface area contributed by atoms with Crippen molar-refractivity contribution in [1.82, 2.24) is 29.6 Å². The van der Waals surface area contributed by atoms with Crippen molar-refractivity contribution < 1.29 is 32.7 Å². The molecule has 2 N–H and O–H groups in total. The van der Waals surface area contributed by atoms with Crippen molar-refractivity contribution in [3.63, 3.8) is 0 Å². The summed E-state index contributed by atoms with van der Waals surface area (Å²) >= 11 is 0. The van der Waals surface area contributed by atoms with Gasteiger partial charge in [0, 0.05) is 41.7 Å². The zero-order valence-electron chi connectivity index (χ0n) is 25.9. The summed E-state index contributed by atoms with van der Waals surface area (Å²) in [7, 11) is 0. The minimum atomic E-state index is -4.71. The highest BCUT2D eigenvalue weighted by Gasteiger charge is 2.67. The number of hydrogen-bond donors (Lipinski definition) is 2. The summed E-state index contributed by atoms with van der Waals surface area (Å²) < 4.78 is 41.4. The number of aryl methyl sites for hydroxylation is 2. The Hall–Kier alpha value is -4.98. The van der Waals surface area contributed by atoms with Gasteiger partial charge in [0.2, 0.25) is 11.8 Å². The molecule has 3 atom stereocenters. The molecule has 0 spiro atoms. The Morgan fingerprint density at radius 1 is 1.13 bits per heavy atom. The molecule has 0 bridgehead atoms. The first-order valence-corrected chi connectivity index (χ1v) is 15.0. The van der Waals surface area contributed by atoms with Crippen LogP contribution in [0.15, 0.2) is 49.3 Å². The highest BCUT2D eigenvalue weighted by Crippen LogP contribution is 2.59. The summed E-state index contributed by atoms with van der Waals surface area (Å²) in [5.41, 5.74) is 1.40. The van der Waals surface area contributed by atoms with Gasteiger partial charge in [-0.25, -0.2) is 15.0 Å². The molecule has 2 amide bonds. The molecule has 47 heavy (non-hydrogen) atoms. The quantitative estimate of drug-likeness (QED) is 0.201. The van der Waals surface area contributed by atoms with Crippen molar-refractivity contribution in [3.05, 3.63) is 77.7 Å². The highest BCUT2D eigenvalue weighted by molar-refractivity contribution is 6.07. The normalized spacial score (nSPS) is 20.3. The highest BCUT2D eigenvalue weighted by atomic mass is 19.4. The maximum absolute atomic E-state index is 14.1. The van der Waals surface area contributed by atoms with Gasteiger partial charge in [0.1, 0.15) is 35.6 Å². The Balaban J connectivity index is 1.35. The summed E-state index contributed by atoms with van der Waals surface area (Å²) in [6.07, 6.45) is 1.34. The molecule has 11 nitrogen and oxygen atoms in total. The van der Waals surface area contributed by atoms with Crippen LogP contribution in [0, 0.1) is 19.3 Å². The van der Waals surface area contributed by atoms with Crippen LogP contribution in [-0.2, 0) is 28.7 Å². The Kier molecular flexibility index (Phi) is 7.94. The smallest absolute Gasteiger partial charge is 0.396 e. The van der Waals surface area contributed by atoms with Crippen molar-refractivity contribution in [3.8, 4) is 11.1 Å². The fourth-order valence-electron chi connectivity index (χ4n) is 6.46. The van der Waals surface area contributed by atoms with Crippen LogP contribution in [-0.4, -0.2) is 71.0 Å². The number of nitrogens with one attached hydrogen (secondary N) is 1. The molecule has 6 rings (SSSR count). The van der Waals surface area contributed by atoms with Gasteiger partial charge in [0.15, 0.2) is 5.78 Å². The van der Waals surface area contributed by atoms with Crippen molar-refractivity contribution in [2.45, 2.75) is 64.8 Å². The molecule has 2 aliphatic rings. The van der Waals surface area contributed by atoms with Crippen molar-refractivity contribution in [2.75, 3.05) is 11.9 Å². The number of nitrogens with zero attached hydrogens (tertiary/aromatic N) is 6. The number of aliphatic hydroxyl groups excluding tert-OH is 1. The van der Waals surface area contributed by atoms with Crippen LogP contribution >= 0.6 is 0 Å². The number of aliphatic hydroxyl groups is 1. The number of Topliss-reactive ketones (excluding diaryl/α,β-unsaturated/α-hetero) is 1. The van der Waals surface area contributed by atoms with E-state index in [1.807, 2.05) is 6.07 Å². The molecule has 1 aromatic carbocycles. The molecular formula is C33H32F3N7O4. The third-order valence-electron chi connectivity index (χ3n) is 8.97. The molecule has 1 saturated carbocycles. The molecule has 0 unspecified atom stereocenters. The summed E-state index contributed by atoms with van der Waals surface area (Å²) in [5.74, 6) is -1.17. The minimum Gasteiger partial charge on any atom is -0.396 e. The van der Waals surface area contributed by atoms with E-state index in [0.29, 0.717) is 35.1 Å². The van der Waals surface area contributed by atoms with Crippen LogP contribution in [0.1, 0.15) is 52.9 Å². The van der Waals surface area contributed by atoms with Crippen molar-refractivity contribution in [2.24, 2.45) is 5.41 Å². The average Bonchev–Trinajstić information content (AvgIpc) is 3.44. The second-order valence-electron chi connectivity index (χ2n) is 12.2. The number of likely N-dealkylation sites (tertiary alicyclic amines) is 1. The molecular weight excluding hydrogens is 615 g/mol. The van der Waals surface area contributed by atoms with Crippen LogP contribution in [0.3, 0.4) is 0 Å². The van der Waals surface area contributed by atoms with E-state index in [2.05, 4.69) is 31.9 Å². The molecule has 1 saturated heterocycles. The maximum atomic E-state index is 14.1. The fourth-order valence-corrected chi connectivity index (χ4v) is 6.46. The van der Waals surface area contributed by atoms with Crippen LogP contribution in [0.25, 0.3) is 22.0 Å². The zero-order chi connectivity index (χ0) is 33.8. The van der Waals surface area contributed by atoms with E-state index >= 15 is 0 Å². The predicted octanol–water partition coefficient (Wildman–Crippen LogP) is 4.45. The van der Waals surface area contributed by atoms with E-state index in [9.17, 15) is 32.7 Å². The lowest BCUT2D eigenvalue weighted by Crippen LogP contribution is -2.47. The van der Waals surface area contributed by atoms with Crippen molar-refractivity contribution in [1.29, 1.82) is 0 Å². The van der Waals surface area contributed by atoms with Crippen LogP contribution in [0.2, 0.25) is 0 Å². The zero-order valence-corrected chi connectivity index (χ0v) is 25.9. The van der Waals surface area contributed by atoms with Crippen LogP contribution < -0.4 is 5.32 Å². The predicted molar refractivity (Wildman–Crippen MR) is 165 cm³/mol. The van der Waals surface area contributed by atoms with Gasteiger partial charge >= 0.3 is 6.18 Å². The number of aromatic nitrogens is 5. The number of ketones is 1. The lowest BCUT2D eigenvalue weighted by molar-refractivity contribution is -0.141. The number of pyridine rings is 1. The van der Waals surface area contributed by atoms with Gasteiger partial charge in [-0.2, -0.15) is 18.3 Å². The second-order valence-corrected chi connectivity index (χ2v) is 12.2. The number of piperidine rings is 1. The first-order valence-electron chi connectivity index (χ1n) is 15.0. The lowest BCUT2D eigenvalue weighted by Gasteiger charge is -2.27. The number of rotatable bonds is 9. The van der Waals surface area contributed by atoms with Gasteiger partial charge < -0.3 is 15.3 Å². The van der Waals surface area contributed by atoms with E-state index in [0.717, 1.165) is 22.8 Å². The Morgan fingerprint density at radius 3 is 2.49 bits per heavy atom. The number of halogens is 3. The monoisotopic (exact) mass is 647 g/mol. The van der Waals surface area contributed by atoms with Gasteiger partial charge in [0.25, 0.3) is 0 Å². The number of benzene rings is 1. The molecule has 3 aromatic heterocycles. The van der Waals surface area contributed by atoms with E-state index in [-0.39, 0.29) is 36.9 Å². The number of alkyl halides is 3. The summed E-state index contributed by atoms with van der Waals surface area (Å²) in [4.78, 5) is 53.9. The van der Waals surface area contributed by atoms with Crippen LogP contribution in [0.4, 0.5) is 19.0 Å². The Labute approximate surface area is 267 Å². The molecule has 4 aromatic rings. The van der Waals surface area contributed by atoms with E-state index in [1.165, 1.54) is 29.5 Å². The molecule has 2 fully saturated rings. The summed E-state index contributed by atoms with van der Waals surface area (Å²) in [6, 6.07) is 4.23. The second kappa shape index (κ2) is 11.7. The number of amides is 2. The summed E-state index contributed by atoms with van der Waals surface area (Å²) in [6.45, 7) is 7.94. The standard InChI is InChI=1S/C33H32F3N7O4/c1-5-6-20-9-21(22-13-37-19(4)38-14-22)10-23-28(18(3)45)41-42(29(20)23)15-27(46)43-24(11-32(16-44)12-26(32)43)31(47)40-30-17(2)7-8-25(39-30)33(34,35)36/h5,7-10,13-14,24,26,44H,1,6,11-12,15-16H2,2-4H3,(H,39,40,47)/t24-,26+,32-/m0/s1. The van der Waals surface area contributed by atoms with E-state index < -0.39 is 41.2 Å². The first kappa shape index (κ1) is 32.0. The van der Waals surface area contributed by atoms with Gasteiger partial charge in [0.05, 0.1) is 12.1 Å². The minimum absolute atomic E-state index is 0.131.